The lowest BCUT2D eigenvalue weighted by atomic mass is 10.3. The van der Waals surface area contributed by atoms with E-state index in [9.17, 15) is 13.2 Å². The summed E-state index contributed by atoms with van der Waals surface area (Å²) in [5.41, 5.74) is 1.02. The molecule has 0 unspecified atom stereocenters. The Balaban J connectivity index is 1.82. The Morgan fingerprint density at radius 3 is 2.24 bits per heavy atom. The molecule has 2 N–H and O–H groups in total. The molecule has 1 aromatic carbocycles. The molecular weight excluding hydrogens is 342 g/mol. The highest BCUT2D eigenvalue weighted by atomic mass is 32.2. The van der Waals surface area contributed by atoms with Crippen molar-refractivity contribution >= 4 is 15.7 Å². The van der Waals surface area contributed by atoms with E-state index in [1.54, 1.807) is 12.3 Å². The first-order chi connectivity index (χ1) is 11.9. The average Bonchev–Trinajstić information content (AvgIpc) is 2.61. The topological polar surface area (TPSA) is 102 Å². The Hall–Kier alpha value is -2.23. The second-order valence-electron chi connectivity index (χ2n) is 5.92. The van der Waals surface area contributed by atoms with Crippen LogP contribution in [0.15, 0.2) is 46.2 Å². The maximum absolute atomic E-state index is 12.4. The van der Waals surface area contributed by atoms with Crippen LogP contribution in [-0.2, 0) is 10.0 Å². The largest absolute Gasteiger partial charge is 0.368 e. The molecule has 0 spiro atoms. The molecule has 9 heteroatoms. The van der Waals surface area contributed by atoms with Gasteiger partial charge in [-0.3, -0.25) is 4.79 Å². The maximum atomic E-state index is 12.4. The summed E-state index contributed by atoms with van der Waals surface area (Å²) in [7, 11) is -3.76. The summed E-state index contributed by atoms with van der Waals surface area (Å²) >= 11 is 0. The molecule has 0 bridgehead atoms. The van der Waals surface area contributed by atoms with Crippen LogP contribution in [0.1, 0.15) is 6.92 Å². The smallest absolute Gasteiger partial charge is 0.273 e. The number of primary sulfonamides is 1. The molecule has 1 aromatic heterocycles. The Kier molecular flexibility index (Phi) is 4.89. The van der Waals surface area contributed by atoms with Crippen LogP contribution >= 0.6 is 0 Å². The lowest BCUT2D eigenvalue weighted by Crippen LogP contribution is -2.46. The standard InChI is InChI=1S/C16H21N5O3S/c1-2-19-7-9-20(10-8-19)14-11-16(22)21(18-12-14)13-3-5-15(6-4-13)25(17,23)24/h3-6,11-12H,2,7-10H2,1H3,(H2,17,23,24). The zero-order chi connectivity index (χ0) is 18.0. The van der Waals surface area contributed by atoms with Crippen LogP contribution in [-0.4, -0.2) is 55.8 Å². The van der Waals surface area contributed by atoms with Crippen molar-refractivity contribution in [3.63, 3.8) is 0 Å². The average molecular weight is 363 g/mol. The highest BCUT2D eigenvalue weighted by Crippen LogP contribution is 2.15. The number of nitrogens with two attached hydrogens (primary N) is 1. The Morgan fingerprint density at radius 2 is 1.72 bits per heavy atom. The highest BCUT2D eigenvalue weighted by molar-refractivity contribution is 7.89. The zero-order valence-corrected chi connectivity index (χ0v) is 14.8. The zero-order valence-electron chi connectivity index (χ0n) is 14.0. The minimum Gasteiger partial charge on any atom is -0.368 e. The van der Waals surface area contributed by atoms with Crippen molar-refractivity contribution < 1.29 is 8.42 Å². The molecule has 0 aliphatic carbocycles. The minimum atomic E-state index is -3.76. The third-order valence-corrected chi connectivity index (χ3v) is 5.31. The molecule has 134 valence electrons. The monoisotopic (exact) mass is 363 g/mol. The second-order valence-corrected chi connectivity index (χ2v) is 7.49. The molecule has 2 aromatic rings. The minimum absolute atomic E-state index is 0.00489. The molecule has 1 fully saturated rings. The Labute approximate surface area is 146 Å². The number of likely N-dealkylation sites (N-methyl/N-ethyl adjacent to an activating group) is 1. The van der Waals surface area contributed by atoms with Crippen LogP contribution in [0.2, 0.25) is 0 Å². The van der Waals surface area contributed by atoms with Gasteiger partial charge in [0.15, 0.2) is 0 Å². The van der Waals surface area contributed by atoms with Gasteiger partial charge >= 0.3 is 0 Å². The molecule has 3 rings (SSSR count). The van der Waals surface area contributed by atoms with Gasteiger partial charge in [0, 0.05) is 32.2 Å². The van der Waals surface area contributed by atoms with Gasteiger partial charge in [0.2, 0.25) is 10.0 Å². The molecule has 0 atom stereocenters. The van der Waals surface area contributed by atoms with Gasteiger partial charge in [0.25, 0.3) is 5.56 Å². The number of hydrogen-bond donors (Lipinski definition) is 1. The lowest BCUT2D eigenvalue weighted by molar-refractivity contribution is 0.271. The predicted octanol–water partition coefficient (Wildman–Crippen LogP) is 0.0218. The van der Waals surface area contributed by atoms with Crippen molar-refractivity contribution in [1.82, 2.24) is 14.7 Å². The number of rotatable bonds is 4. The van der Waals surface area contributed by atoms with E-state index in [1.165, 1.54) is 28.9 Å². The first-order valence-corrected chi connectivity index (χ1v) is 9.63. The van der Waals surface area contributed by atoms with E-state index in [0.29, 0.717) is 5.69 Å². The quantitative estimate of drug-likeness (QED) is 0.822. The molecule has 0 radical (unpaired) electrons. The first-order valence-electron chi connectivity index (χ1n) is 8.08. The first kappa shape index (κ1) is 17.6. The number of piperazine rings is 1. The molecule has 1 aliphatic rings. The Bertz CT molecular complexity index is 900. The molecule has 1 aliphatic heterocycles. The summed E-state index contributed by atoms with van der Waals surface area (Å²) in [4.78, 5) is 16.9. The van der Waals surface area contributed by atoms with Gasteiger partial charge in [0.05, 0.1) is 22.5 Å². The highest BCUT2D eigenvalue weighted by Gasteiger charge is 2.17. The predicted molar refractivity (Wildman–Crippen MR) is 95.5 cm³/mol. The molecule has 2 heterocycles. The van der Waals surface area contributed by atoms with Crippen LogP contribution in [0.4, 0.5) is 5.69 Å². The van der Waals surface area contributed by atoms with Gasteiger partial charge < -0.3 is 9.80 Å². The van der Waals surface area contributed by atoms with Crippen LogP contribution in [0.3, 0.4) is 0 Å². The summed E-state index contributed by atoms with van der Waals surface area (Å²) < 4.78 is 23.8. The summed E-state index contributed by atoms with van der Waals surface area (Å²) in [6.07, 6.45) is 1.66. The summed E-state index contributed by atoms with van der Waals surface area (Å²) in [5.74, 6) is 0. The van der Waals surface area contributed by atoms with E-state index in [1.807, 2.05) is 0 Å². The van der Waals surface area contributed by atoms with Gasteiger partial charge in [-0.1, -0.05) is 6.92 Å². The third kappa shape index (κ3) is 3.89. The van der Waals surface area contributed by atoms with Crippen LogP contribution in [0, 0.1) is 0 Å². The molecule has 1 saturated heterocycles. The van der Waals surface area contributed by atoms with Gasteiger partial charge in [-0.15, -0.1) is 0 Å². The maximum Gasteiger partial charge on any atom is 0.273 e. The molecule has 8 nitrogen and oxygen atoms in total. The van der Waals surface area contributed by atoms with E-state index in [4.69, 9.17) is 5.14 Å². The van der Waals surface area contributed by atoms with Crippen LogP contribution < -0.4 is 15.6 Å². The fourth-order valence-corrected chi connectivity index (χ4v) is 3.38. The van der Waals surface area contributed by atoms with Gasteiger partial charge in [-0.2, -0.15) is 9.78 Å². The van der Waals surface area contributed by atoms with E-state index >= 15 is 0 Å². The molecule has 0 saturated carbocycles. The van der Waals surface area contributed by atoms with Crippen LogP contribution in [0.5, 0.6) is 0 Å². The van der Waals surface area contributed by atoms with E-state index in [0.717, 1.165) is 38.4 Å². The Morgan fingerprint density at radius 1 is 1.08 bits per heavy atom. The van der Waals surface area contributed by atoms with Crippen molar-refractivity contribution in [1.29, 1.82) is 0 Å². The molecule has 25 heavy (non-hydrogen) atoms. The number of anilines is 1. The number of hydrogen-bond acceptors (Lipinski definition) is 6. The number of nitrogens with zero attached hydrogens (tertiary/aromatic N) is 4. The second kappa shape index (κ2) is 6.95. The summed E-state index contributed by atoms with van der Waals surface area (Å²) in [6, 6.07) is 7.29. The van der Waals surface area contributed by atoms with Crippen molar-refractivity contribution in [2.45, 2.75) is 11.8 Å². The van der Waals surface area contributed by atoms with Gasteiger partial charge in [-0.25, -0.2) is 13.6 Å². The summed E-state index contributed by atoms with van der Waals surface area (Å²) in [5, 5.41) is 9.30. The van der Waals surface area contributed by atoms with E-state index in [-0.39, 0.29) is 10.5 Å². The van der Waals surface area contributed by atoms with Crippen molar-refractivity contribution in [2.24, 2.45) is 5.14 Å². The molecular formula is C16H21N5O3S. The van der Waals surface area contributed by atoms with Crippen molar-refractivity contribution in [3.8, 4) is 5.69 Å². The fraction of sp³-hybridized carbons (Fsp3) is 0.375. The van der Waals surface area contributed by atoms with Gasteiger partial charge in [-0.05, 0) is 30.8 Å². The fourth-order valence-electron chi connectivity index (χ4n) is 2.86. The SMILES string of the molecule is CCN1CCN(c2cnn(-c3ccc(S(N)(=O)=O)cc3)c(=O)c2)CC1. The van der Waals surface area contributed by atoms with E-state index in [2.05, 4.69) is 21.8 Å². The van der Waals surface area contributed by atoms with Crippen LogP contribution in [0.25, 0.3) is 5.69 Å². The molecule has 0 amide bonds. The van der Waals surface area contributed by atoms with Gasteiger partial charge in [0.1, 0.15) is 0 Å². The van der Waals surface area contributed by atoms with Crippen molar-refractivity contribution in [3.05, 3.63) is 46.9 Å². The number of aromatic nitrogens is 2. The summed E-state index contributed by atoms with van der Waals surface area (Å²) in [6.45, 7) is 6.83. The van der Waals surface area contributed by atoms with E-state index < -0.39 is 10.0 Å². The third-order valence-electron chi connectivity index (χ3n) is 4.38. The lowest BCUT2D eigenvalue weighted by Gasteiger charge is -2.35. The number of sulfonamides is 1. The number of benzene rings is 1. The normalized spacial score (nSPS) is 16.2. The van der Waals surface area contributed by atoms with Crippen molar-refractivity contribution in [2.75, 3.05) is 37.6 Å².